The summed E-state index contributed by atoms with van der Waals surface area (Å²) in [5.74, 6) is 0. The molecule has 0 saturated carbocycles. The van der Waals surface area contributed by atoms with Gasteiger partial charge in [-0.05, 0) is 29.5 Å². The van der Waals surface area contributed by atoms with Crippen molar-refractivity contribution in [1.29, 1.82) is 0 Å². The van der Waals surface area contributed by atoms with Gasteiger partial charge in [0.2, 0.25) is 0 Å². The van der Waals surface area contributed by atoms with Crippen molar-refractivity contribution in [2.75, 3.05) is 14.2 Å². The van der Waals surface area contributed by atoms with E-state index in [1.54, 1.807) is 7.11 Å². The minimum atomic E-state index is 0. The van der Waals surface area contributed by atoms with Crippen LogP contribution in [0.4, 0.5) is 0 Å². The number of aliphatic hydroxyl groups excluding tert-OH is 1. The summed E-state index contributed by atoms with van der Waals surface area (Å²) in [6, 6.07) is 6.71. The SMILES string of the molecule is CO.COCc1ccc2c(c1)CC[C@@H]2N.[HH]. The maximum absolute atomic E-state index is 7.00. The lowest BCUT2D eigenvalue weighted by Gasteiger charge is -2.06. The molecule has 0 bridgehead atoms. The minimum Gasteiger partial charge on any atom is -0.400 e. The summed E-state index contributed by atoms with van der Waals surface area (Å²) >= 11 is 0. The smallest absolute Gasteiger partial charge is 0.0713 e. The number of rotatable bonds is 2. The molecule has 1 aliphatic carbocycles. The van der Waals surface area contributed by atoms with Crippen LogP contribution in [0.15, 0.2) is 18.2 Å². The van der Waals surface area contributed by atoms with Crippen molar-refractivity contribution in [1.82, 2.24) is 0 Å². The fourth-order valence-corrected chi connectivity index (χ4v) is 1.96. The van der Waals surface area contributed by atoms with Crippen LogP contribution in [0.2, 0.25) is 0 Å². The van der Waals surface area contributed by atoms with Gasteiger partial charge < -0.3 is 15.6 Å². The highest BCUT2D eigenvalue weighted by Gasteiger charge is 2.18. The lowest BCUT2D eigenvalue weighted by Crippen LogP contribution is -2.05. The molecule has 0 heterocycles. The largest absolute Gasteiger partial charge is 0.400 e. The first-order valence-corrected chi connectivity index (χ1v) is 5.12. The fourth-order valence-electron chi connectivity index (χ4n) is 1.96. The highest BCUT2D eigenvalue weighted by atomic mass is 16.5. The maximum atomic E-state index is 7.00. The van der Waals surface area contributed by atoms with Crippen molar-refractivity contribution < 1.29 is 11.3 Å². The van der Waals surface area contributed by atoms with Gasteiger partial charge in [0.25, 0.3) is 0 Å². The quantitative estimate of drug-likeness (QED) is 0.781. The van der Waals surface area contributed by atoms with Crippen LogP contribution >= 0.6 is 0 Å². The van der Waals surface area contributed by atoms with E-state index in [2.05, 4.69) is 18.2 Å². The molecule has 1 aliphatic rings. The van der Waals surface area contributed by atoms with Gasteiger partial charge in [-0.1, -0.05) is 18.2 Å². The van der Waals surface area contributed by atoms with Crippen LogP contribution in [0.3, 0.4) is 0 Å². The minimum absolute atomic E-state index is 0. The van der Waals surface area contributed by atoms with E-state index in [-0.39, 0.29) is 7.47 Å². The van der Waals surface area contributed by atoms with Crippen LogP contribution in [0.5, 0.6) is 0 Å². The molecule has 0 saturated heterocycles. The highest BCUT2D eigenvalue weighted by Crippen LogP contribution is 2.29. The molecule has 0 fully saturated rings. The number of nitrogens with two attached hydrogens (primary N) is 1. The normalized spacial score (nSPS) is 18.0. The zero-order valence-electron chi connectivity index (χ0n) is 9.36. The summed E-state index contributed by atoms with van der Waals surface area (Å²) in [7, 11) is 2.72. The van der Waals surface area contributed by atoms with Crippen molar-refractivity contribution in [3.8, 4) is 0 Å². The molecule has 0 radical (unpaired) electrons. The third-order valence-corrected chi connectivity index (χ3v) is 2.64. The molecular weight excluding hydrogens is 190 g/mol. The predicted molar refractivity (Wildman–Crippen MR) is 62.7 cm³/mol. The number of ether oxygens (including phenoxy) is 1. The average Bonchev–Trinajstić information content (AvgIpc) is 2.64. The Morgan fingerprint density at radius 3 is 2.93 bits per heavy atom. The molecule has 1 aromatic rings. The summed E-state index contributed by atoms with van der Waals surface area (Å²) in [6.07, 6.45) is 2.21. The second-order valence-corrected chi connectivity index (χ2v) is 3.61. The Bertz CT molecular complexity index is 318. The first kappa shape index (κ1) is 12.2. The van der Waals surface area contributed by atoms with E-state index in [0.29, 0.717) is 6.61 Å². The average molecular weight is 211 g/mol. The van der Waals surface area contributed by atoms with Gasteiger partial charge in [0.15, 0.2) is 0 Å². The highest BCUT2D eigenvalue weighted by molar-refractivity contribution is 5.37. The van der Waals surface area contributed by atoms with Crippen LogP contribution in [-0.2, 0) is 17.8 Å². The Labute approximate surface area is 92.4 Å². The molecule has 15 heavy (non-hydrogen) atoms. The molecule has 0 unspecified atom stereocenters. The predicted octanol–water partition coefficient (Wildman–Crippen LogP) is 1.63. The third kappa shape index (κ3) is 2.78. The summed E-state index contributed by atoms with van der Waals surface area (Å²) in [5, 5.41) is 7.00. The van der Waals surface area contributed by atoms with Crippen LogP contribution in [0, 0.1) is 0 Å². The molecule has 1 aromatic carbocycles. The Hall–Kier alpha value is -0.900. The fraction of sp³-hybridized carbons (Fsp3) is 0.500. The Morgan fingerprint density at radius 1 is 1.53 bits per heavy atom. The van der Waals surface area contributed by atoms with Crippen LogP contribution in [0.25, 0.3) is 0 Å². The first-order chi connectivity index (χ1) is 7.31. The van der Waals surface area contributed by atoms with E-state index < -0.39 is 0 Å². The molecule has 0 spiro atoms. The molecule has 86 valence electrons. The molecule has 1 atom stereocenters. The van der Waals surface area contributed by atoms with Crippen LogP contribution < -0.4 is 5.73 Å². The molecule has 0 aromatic heterocycles. The van der Waals surface area contributed by atoms with Gasteiger partial charge in [-0.2, -0.15) is 0 Å². The molecule has 0 aliphatic heterocycles. The van der Waals surface area contributed by atoms with Crippen LogP contribution in [0.1, 0.15) is 30.6 Å². The monoisotopic (exact) mass is 211 g/mol. The number of hydrogen-bond donors (Lipinski definition) is 2. The molecule has 3 N–H and O–H groups in total. The number of hydrogen-bond acceptors (Lipinski definition) is 3. The number of methoxy groups -OCH3 is 1. The van der Waals surface area contributed by atoms with E-state index in [1.807, 2.05) is 0 Å². The van der Waals surface area contributed by atoms with Crippen molar-refractivity contribution in [3.63, 3.8) is 0 Å². The Kier molecular flexibility index (Phi) is 4.75. The van der Waals surface area contributed by atoms with Crippen molar-refractivity contribution in [3.05, 3.63) is 34.9 Å². The van der Waals surface area contributed by atoms with E-state index in [1.165, 1.54) is 16.7 Å². The summed E-state index contributed by atoms with van der Waals surface area (Å²) in [4.78, 5) is 0. The van der Waals surface area contributed by atoms with Gasteiger partial charge in [-0.3, -0.25) is 0 Å². The van der Waals surface area contributed by atoms with Crippen molar-refractivity contribution in [2.24, 2.45) is 5.73 Å². The van der Waals surface area contributed by atoms with Gasteiger partial charge in [-0.25, -0.2) is 0 Å². The van der Waals surface area contributed by atoms with E-state index >= 15 is 0 Å². The number of fused-ring (bicyclic) bond motifs is 1. The maximum Gasteiger partial charge on any atom is 0.0713 e. The van der Waals surface area contributed by atoms with Gasteiger partial charge >= 0.3 is 0 Å². The number of benzene rings is 1. The Balaban J connectivity index is 0.000000711. The van der Waals surface area contributed by atoms with Gasteiger partial charge in [-0.15, -0.1) is 0 Å². The van der Waals surface area contributed by atoms with E-state index in [4.69, 9.17) is 15.6 Å². The zero-order valence-corrected chi connectivity index (χ0v) is 9.36. The van der Waals surface area contributed by atoms with Gasteiger partial charge in [0, 0.05) is 21.7 Å². The second-order valence-electron chi connectivity index (χ2n) is 3.61. The first-order valence-electron chi connectivity index (χ1n) is 5.12. The summed E-state index contributed by atoms with van der Waals surface area (Å²) in [6.45, 7) is 0.697. The van der Waals surface area contributed by atoms with E-state index in [9.17, 15) is 0 Å². The number of aliphatic hydroxyl groups is 1. The number of aryl methyl sites for hydroxylation is 1. The van der Waals surface area contributed by atoms with E-state index in [0.717, 1.165) is 20.0 Å². The molecule has 3 heteroatoms. The topological polar surface area (TPSA) is 55.5 Å². The summed E-state index contributed by atoms with van der Waals surface area (Å²) in [5.41, 5.74) is 9.91. The molecule has 2 rings (SSSR count). The molecule has 3 nitrogen and oxygen atoms in total. The summed E-state index contributed by atoms with van der Waals surface area (Å²) < 4.78 is 5.08. The van der Waals surface area contributed by atoms with Crippen molar-refractivity contribution in [2.45, 2.75) is 25.5 Å². The van der Waals surface area contributed by atoms with Crippen LogP contribution in [-0.4, -0.2) is 19.3 Å². The Morgan fingerprint density at radius 2 is 2.27 bits per heavy atom. The standard InChI is InChI=1S/C11H15NO.CH4O.H2/c1-13-7-8-2-4-10-9(6-8)3-5-11(10)12;1-2;/h2,4,6,11H,3,5,7,12H2,1H3;2H,1H3;1H/t11-;;/m0../s1. The van der Waals surface area contributed by atoms with Gasteiger partial charge in [0.05, 0.1) is 6.61 Å². The third-order valence-electron chi connectivity index (χ3n) is 2.64. The second kappa shape index (κ2) is 5.85. The molecule has 0 amide bonds. The van der Waals surface area contributed by atoms with Crippen molar-refractivity contribution >= 4 is 0 Å². The lowest BCUT2D eigenvalue weighted by atomic mass is 10.1. The zero-order chi connectivity index (χ0) is 11.3. The van der Waals surface area contributed by atoms with Gasteiger partial charge in [0.1, 0.15) is 0 Å². The molecular formula is C12H21NO2. The lowest BCUT2D eigenvalue weighted by molar-refractivity contribution is 0.185.